The van der Waals surface area contributed by atoms with Gasteiger partial charge in [0.1, 0.15) is 12.4 Å². The van der Waals surface area contributed by atoms with Gasteiger partial charge >= 0.3 is 0 Å². The van der Waals surface area contributed by atoms with E-state index in [4.69, 9.17) is 4.74 Å². The largest absolute Gasteiger partial charge is 0.489 e. The number of pyridine rings is 1. The molecule has 1 heterocycles. The van der Waals surface area contributed by atoms with Gasteiger partial charge in [-0.05, 0) is 42.7 Å². The lowest BCUT2D eigenvalue weighted by Crippen LogP contribution is -2.01. The van der Waals surface area contributed by atoms with E-state index >= 15 is 0 Å². The third-order valence-electron chi connectivity index (χ3n) is 2.86. The molecule has 0 saturated carbocycles. The van der Waals surface area contributed by atoms with Gasteiger partial charge in [-0.15, -0.1) is 0 Å². The van der Waals surface area contributed by atoms with Gasteiger partial charge in [-0.3, -0.25) is 4.98 Å². The summed E-state index contributed by atoms with van der Waals surface area (Å²) in [5.74, 6) is 0.908. The summed E-state index contributed by atoms with van der Waals surface area (Å²) < 4.78 is 5.76. The van der Waals surface area contributed by atoms with Crippen molar-refractivity contribution in [2.24, 2.45) is 0 Å². The van der Waals surface area contributed by atoms with Crippen LogP contribution in [0.3, 0.4) is 0 Å². The number of benzene rings is 1. The van der Waals surface area contributed by atoms with Gasteiger partial charge < -0.3 is 4.74 Å². The van der Waals surface area contributed by atoms with Crippen LogP contribution in [0.25, 0.3) is 0 Å². The van der Waals surface area contributed by atoms with Gasteiger partial charge in [0.15, 0.2) is 0 Å². The van der Waals surface area contributed by atoms with Crippen LogP contribution in [0.2, 0.25) is 0 Å². The van der Waals surface area contributed by atoms with Crippen LogP contribution in [0.4, 0.5) is 0 Å². The zero-order valence-electron chi connectivity index (χ0n) is 11.0. The minimum atomic E-state index is 0.604. The van der Waals surface area contributed by atoms with Gasteiger partial charge in [0.25, 0.3) is 0 Å². The van der Waals surface area contributed by atoms with E-state index in [2.05, 4.69) is 31.0 Å². The first-order chi connectivity index (χ1) is 8.81. The molecule has 0 N–H and O–H groups in total. The second-order valence-corrected chi connectivity index (χ2v) is 4.27. The van der Waals surface area contributed by atoms with Crippen molar-refractivity contribution in [2.45, 2.75) is 33.3 Å². The van der Waals surface area contributed by atoms with Gasteiger partial charge in [-0.25, -0.2) is 0 Å². The quantitative estimate of drug-likeness (QED) is 0.794. The molecule has 2 aromatic rings. The summed E-state index contributed by atoms with van der Waals surface area (Å²) in [7, 11) is 0. The van der Waals surface area contributed by atoms with Crippen molar-refractivity contribution >= 4 is 0 Å². The fraction of sp³-hybridized carbons (Fsp3) is 0.312. The number of rotatable bonds is 5. The SMILES string of the molecule is CCc1cc(COc2ccccc2)cc(CC)n1. The lowest BCUT2D eigenvalue weighted by atomic mass is 10.1. The average Bonchev–Trinajstić information content (AvgIpc) is 2.45. The van der Waals surface area contributed by atoms with E-state index in [1.807, 2.05) is 30.3 Å². The van der Waals surface area contributed by atoms with Crippen LogP contribution in [-0.2, 0) is 19.4 Å². The first-order valence-corrected chi connectivity index (χ1v) is 6.48. The van der Waals surface area contributed by atoms with Crippen molar-refractivity contribution < 1.29 is 4.74 Å². The molecule has 0 radical (unpaired) electrons. The van der Waals surface area contributed by atoms with Crippen molar-refractivity contribution in [2.75, 3.05) is 0 Å². The maximum atomic E-state index is 5.76. The van der Waals surface area contributed by atoms with Crippen LogP contribution >= 0.6 is 0 Å². The Hall–Kier alpha value is -1.83. The normalized spacial score (nSPS) is 10.3. The van der Waals surface area contributed by atoms with Crippen LogP contribution in [-0.4, -0.2) is 4.98 Å². The molecule has 0 saturated heterocycles. The molecule has 0 atom stereocenters. The van der Waals surface area contributed by atoms with Gasteiger partial charge in [0.05, 0.1) is 0 Å². The molecule has 2 rings (SSSR count). The fourth-order valence-corrected chi connectivity index (χ4v) is 1.85. The minimum Gasteiger partial charge on any atom is -0.489 e. The van der Waals surface area contributed by atoms with Crippen molar-refractivity contribution in [3.8, 4) is 5.75 Å². The van der Waals surface area contributed by atoms with Crippen molar-refractivity contribution in [3.05, 3.63) is 59.4 Å². The van der Waals surface area contributed by atoms with Crippen molar-refractivity contribution in [1.29, 1.82) is 0 Å². The summed E-state index contributed by atoms with van der Waals surface area (Å²) in [4.78, 5) is 4.57. The van der Waals surface area contributed by atoms with Gasteiger partial charge in [-0.2, -0.15) is 0 Å². The predicted molar refractivity (Wildman–Crippen MR) is 73.8 cm³/mol. The Morgan fingerprint density at radius 3 is 2.11 bits per heavy atom. The van der Waals surface area contributed by atoms with Crippen LogP contribution < -0.4 is 4.74 Å². The Morgan fingerprint density at radius 2 is 1.56 bits per heavy atom. The molecule has 0 bridgehead atoms. The van der Waals surface area contributed by atoms with Crippen molar-refractivity contribution in [3.63, 3.8) is 0 Å². The van der Waals surface area contributed by atoms with Crippen LogP contribution in [0.5, 0.6) is 5.75 Å². The molecule has 0 amide bonds. The second-order valence-electron chi connectivity index (χ2n) is 4.27. The fourth-order valence-electron chi connectivity index (χ4n) is 1.85. The molecule has 0 unspecified atom stereocenters. The summed E-state index contributed by atoms with van der Waals surface area (Å²) >= 11 is 0. The zero-order chi connectivity index (χ0) is 12.8. The summed E-state index contributed by atoms with van der Waals surface area (Å²) in [6, 6.07) is 14.2. The van der Waals surface area contributed by atoms with E-state index < -0.39 is 0 Å². The molecular formula is C16H19NO. The zero-order valence-corrected chi connectivity index (χ0v) is 11.0. The van der Waals surface area contributed by atoms with E-state index in [0.717, 1.165) is 30.0 Å². The highest BCUT2D eigenvalue weighted by Gasteiger charge is 2.01. The molecule has 0 spiro atoms. The Kier molecular flexibility index (Phi) is 4.35. The number of ether oxygens (including phenoxy) is 1. The Morgan fingerprint density at radius 1 is 0.944 bits per heavy atom. The lowest BCUT2D eigenvalue weighted by Gasteiger charge is -2.09. The van der Waals surface area contributed by atoms with E-state index in [0.29, 0.717) is 6.61 Å². The Bertz CT molecular complexity index is 471. The summed E-state index contributed by atoms with van der Waals surface area (Å²) in [5, 5.41) is 0. The second kappa shape index (κ2) is 6.20. The molecule has 2 nitrogen and oxygen atoms in total. The van der Waals surface area contributed by atoms with E-state index in [9.17, 15) is 0 Å². The van der Waals surface area contributed by atoms with Crippen molar-refractivity contribution in [1.82, 2.24) is 4.98 Å². The number of nitrogens with zero attached hydrogens (tertiary/aromatic N) is 1. The molecule has 0 fully saturated rings. The minimum absolute atomic E-state index is 0.604. The number of hydrogen-bond donors (Lipinski definition) is 0. The number of aryl methyl sites for hydroxylation is 2. The van der Waals surface area contributed by atoms with Gasteiger partial charge in [-0.1, -0.05) is 32.0 Å². The predicted octanol–water partition coefficient (Wildman–Crippen LogP) is 3.79. The Labute approximate surface area is 109 Å². The van der Waals surface area contributed by atoms with E-state index in [1.54, 1.807) is 0 Å². The topological polar surface area (TPSA) is 22.1 Å². The highest BCUT2D eigenvalue weighted by molar-refractivity contribution is 5.24. The van der Waals surface area contributed by atoms with Crippen LogP contribution in [0, 0.1) is 0 Å². The molecule has 0 aliphatic heterocycles. The third kappa shape index (κ3) is 3.33. The molecule has 94 valence electrons. The molecule has 0 aliphatic carbocycles. The lowest BCUT2D eigenvalue weighted by molar-refractivity contribution is 0.306. The summed E-state index contributed by atoms with van der Waals surface area (Å²) in [6.45, 7) is 4.86. The highest BCUT2D eigenvalue weighted by atomic mass is 16.5. The monoisotopic (exact) mass is 241 g/mol. The number of para-hydroxylation sites is 1. The van der Waals surface area contributed by atoms with Crippen LogP contribution in [0.15, 0.2) is 42.5 Å². The first-order valence-electron chi connectivity index (χ1n) is 6.48. The van der Waals surface area contributed by atoms with Crippen LogP contribution in [0.1, 0.15) is 30.8 Å². The maximum Gasteiger partial charge on any atom is 0.119 e. The molecule has 0 aliphatic rings. The van der Waals surface area contributed by atoms with Gasteiger partial charge in [0, 0.05) is 11.4 Å². The number of aromatic nitrogens is 1. The molecule has 18 heavy (non-hydrogen) atoms. The maximum absolute atomic E-state index is 5.76. The van der Waals surface area contributed by atoms with Gasteiger partial charge in [0.2, 0.25) is 0 Å². The standard InChI is InChI=1S/C16H19NO/c1-3-14-10-13(11-15(4-2)17-14)12-18-16-8-6-5-7-9-16/h5-11H,3-4,12H2,1-2H3. The first kappa shape index (κ1) is 12.6. The smallest absolute Gasteiger partial charge is 0.119 e. The third-order valence-corrected chi connectivity index (χ3v) is 2.86. The van der Waals surface area contributed by atoms with E-state index in [-0.39, 0.29) is 0 Å². The summed E-state index contributed by atoms with van der Waals surface area (Å²) in [6.07, 6.45) is 1.93. The molecule has 1 aromatic heterocycles. The van der Waals surface area contributed by atoms with E-state index in [1.165, 1.54) is 5.56 Å². The molecular weight excluding hydrogens is 222 g/mol. The highest BCUT2D eigenvalue weighted by Crippen LogP contribution is 2.13. The molecule has 2 heteroatoms. The Balaban J connectivity index is 2.09. The summed E-state index contributed by atoms with van der Waals surface area (Å²) in [5.41, 5.74) is 3.48. The average molecular weight is 241 g/mol. The molecule has 1 aromatic carbocycles. The number of hydrogen-bond acceptors (Lipinski definition) is 2.